The van der Waals surface area contributed by atoms with E-state index in [1.54, 1.807) is 18.2 Å². The second-order valence-corrected chi connectivity index (χ2v) is 5.74. The van der Waals surface area contributed by atoms with Crippen molar-refractivity contribution in [1.82, 2.24) is 9.55 Å². The van der Waals surface area contributed by atoms with Crippen molar-refractivity contribution in [3.63, 3.8) is 0 Å². The number of rotatable bonds is 4. The lowest BCUT2D eigenvalue weighted by atomic mass is 9.97. The van der Waals surface area contributed by atoms with Crippen molar-refractivity contribution >= 4 is 11.6 Å². The quantitative estimate of drug-likeness (QED) is 0.899. The van der Waals surface area contributed by atoms with E-state index in [2.05, 4.69) is 10.3 Å². The van der Waals surface area contributed by atoms with Crippen molar-refractivity contribution in [1.29, 1.82) is 0 Å². The van der Waals surface area contributed by atoms with Gasteiger partial charge in [0.15, 0.2) is 5.82 Å². The summed E-state index contributed by atoms with van der Waals surface area (Å²) in [5, 5.41) is 12.5. The van der Waals surface area contributed by atoms with Gasteiger partial charge in [0, 0.05) is 25.1 Å². The van der Waals surface area contributed by atoms with Gasteiger partial charge >= 0.3 is 6.18 Å². The van der Waals surface area contributed by atoms with Crippen LogP contribution in [-0.2, 0) is 17.4 Å². The Morgan fingerprint density at radius 1 is 1.29 bits per heavy atom. The van der Waals surface area contributed by atoms with Crippen molar-refractivity contribution in [2.45, 2.75) is 32.0 Å². The number of nitrogens with one attached hydrogen (secondary N) is 1. The number of aromatic nitrogens is 2. The van der Waals surface area contributed by atoms with Gasteiger partial charge in [-0.05, 0) is 37.1 Å². The zero-order chi connectivity index (χ0) is 18.1. The van der Waals surface area contributed by atoms with E-state index in [4.69, 9.17) is 0 Å². The van der Waals surface area contributed by atoms with Crippen LogP contribution in [0.4, 0.5) is 18.9 Å². The maximum absolute atomic E-state index is 13.4. The van der Waals surface area contributed by atoms with E-state index in [1.807, 2.05) is 13.8 Å². The largest absolute Gasteiger partial charge is 0.425 e. The molecule has 5 nitrogen and oxygen atoms in total. The molecule has 1 heterocycles. The minimum atomic E-state index is -5.05. The standard InChI is InChI=1S/C16H18F3N3O2/c1-10-4-5-12(8-11(10)2)21-13(23)9-15(24,16(17,18)19)14-20-6-7-22(14)3/h4-8,24H,9H2,1-3H3,(H,21,23)/t15-/m1/s1. The van der Waals surface area contributed by atoms with Crippen molar-refractivity contribution in [3.8, 4) is 0 Å². The minimum absolute atomic E-state index is 0.368. The van der Waals surface area contributed by atoms with Crippen LogP contribution in [0.25, 0.3) is 0 Å². The highest BCUT2D eigenvalue weighted by molar-refractivity contribution is 5.91. The van der Waals surface area contributed by atoms with E-state index in [0.717, 1.165) is 21.9 Å². The average Bonchev–Trinajstić information content (AvgIpc) is 2.88. The lowest BCUT2D eigenvalue weighted by molar-refractivity contribution is -0.270. The fraction of sp³-hybridized carbons (Fsp3) is 0.375. The molecule has 24 heavy (non-hydrogen) atoms. The van der Waals surface area contributed by atoms with E-state index in [-0.39, 0.29) is 0 Å². The van der Waals surface area contributed by atoms with E-state index >= 15 is 0 Å². The summed E-state index contributed by atoms with van der Waals surface area (Å²) in [5.41, 5.74) is -1.11. The first-order valence-corrected chi connectivity index (χ1v) is 7.18. The molecule has 0 aliphatic carbocycles. The van der Waals surface area contributed by atoms with Crippen LogP contribution in [0.1, 0.15) is 23.4 Å². The highest BCUT2D eigenvalue weighted by atomic mass is 19.4. The number of alkyl halides is 3. The first-order valence-electron chi connectivity index (χ1n) is 7.18. The second kappa shape index (κ2) is 6.27. The molecular formula is C16H18F3N3O2. The molecule has 8 heteroatoms. The number of benzene rings is 1. The van der Waals surface area contributed by atoms with Gasteiger partial charge in [-0.25, -0.2) is 4.98 Å². The molecule has 0 unspecified atom stereocenters. The van der Waals surface area contributed by atoms with Crippen LogP contribution in [0, 0.1) is 13.8 Å². The van der Waals surface area contributed by atoms with Crippen molar-refractivity contribution in [2.75, 3.05) is 5.32 Å². The number of imidazole rings is 1. The Morgan fingerprint density at radius 2 is 1.96 bits per heavy atom. The van der Waals surface area contributed by atoms with Crippen LogP contribution in [0.15, 0.2) is 30.6 Å². The van der Waals surface area contributed by atoms with Crippen LogP contribution in [0.5, 0.6) is 0 Å². The number of anilines is 1. The molecule has 0 aliphatic rings. The summed E-state index contributed by atoms with van der Waals surface area (Å²) in [4.78, 5) is 15.6. The summed E-state index contributed by atoms with van der Waals surface area (Å²) in [5.74, 6) is -1.59. The first kappa shape index (κ1) is 18.0. The molecule has 130 valence electrons. The fourth-order valence-corrected chi connectivity index (χ4v) is 2.33. The Kier molecular flexibility index (Phi) is 4.70. The number of aryl methyl sites for hydroxylation is 3. The highest BCUT2D eigenvalue weighted by Gasteiger charge is 2.58. The lowest BCUT2D eigenvalue weighted by Crippen LogP contribution is -2.46. The molecule has 0 spiro atoms. The summed E-state index contributed by atoms with van der Waals surface area (Å²) in [6.07, 6.45) is -3.83. The van der Waals surface area contributed by atoms with Crippen molar-refractivity contribution in [2.24, 2.45) is 7.05 Å². The van der Waals surface area contributed by atoms with Crippen molar-refractivity contribution in [3.05, 3.63) is 47.5 Å². The molecule has 0 saturated heterocycles. The van der Waals surface area contributed by atoms with E-state index < -0.39 is 29.9 Å². The number of aliphatic hydroxyl groups is 1. The molecule has 1 aromatic heterocycles. The van der Waals surface area contributed by atoms with Crippen LogP contribution in [-0.4, -0.2) is 26.7 Å². The molecule has 0 bridgehead atoms. The van der Waals surface area contributed by atoms with Gasteiger partial charge in [0.2, 0.25) is 11.5 Å². The molecule has 2 aromatic rings. The molecule has 2 N–H and O–H groups in total. The van der Waals surface area contributed by atoms with Gasteiger partial charge in [0.05, 0.1) is 6.42 Å². The number of hydrogen-bond acceptors (Lipinski definition) is 3. The number of halogens is 3. The summed E-state index contributed by atoms with van der Waals surface area (Å²) in [7, 11) is 1.32. The Labute approximate surface area is 137 Å². The van der Waals surface area contributed by atoms with Gasteiger partial charge in [-0.15, -0.1) is 0 Å². The van der Waals surface area contributed by atoms with Gasteiger partial charge < -0.3 is 15.0 Å². The third-order valence-corrected chi connectivity index (χ3v) is 3.87. The van der Waals surface area contributed by atoms with Crippen LogP contribution in [0.2, 0.25) is 0 Å². The van der Waals surface area contributed by atoms with E-state index in [0.29, 0.717) is 5.69 Å². The minimum Gasteiger partial charge on any atom is -0.374 e. The number of hydrogen-bond donors (Lipinski definition) is 2. The zero-order valence-corrected chi connectivity index (χ0v) is 13.5. The van der Waals surface area contributed by atoms with Gasteiger partial charge in [-0.2, -0.15) is 13.2 Å². The number of carbonyl (C=O) groups excluding carboxylic acids is 1. The predicted molar refractivity (Wildman–Crippen MR) is 82.3 cm³/mol. The summed E-state index contributed by atoms with van der Waals surface area (Å²) in [6, 6.07) is 4.99. The third-order valence-electron chi connectivity index (χ3n) is 3.87. The maximum Gasteiger partial charge on any atom is 0.425 e. The lowest BCUT2D eigenvalue weighted by Gasteiger charge is -2.29. The van der Waals surface area contributed by atoms with Gasteiger partial charge in [0.1, 0.15) is 0 Å². The zero-order valence-electron chi connectivity index (χ0n) is 13.5. The van der Waals surface area contributed by atoms with Crippen LogP contribution < -0.4 is 5.32 Å². The van der Waals surface area contributed by atoms with E-state index in [9.17, 15) is 23.1 Å². The van der Waals surface area contributed by atoms with Crippen LogP contribution >= 0.6 is 0 Å². The number of nitrogens with zero attached hydrogens (tertiary/aromatic N) is 2. The van der Waals surface area contributed by atoms with E-state index in [1.165, 1.54) is 13.2 Å². The average molecular weight is 341 g/mol. The Bertz CT molecular complexity index is 755. The van der Waals surface area contributed by atoms with Crippen molar-refractivity contribution < 1.29 is 23.1 Å². The summed E-state index contributed by atoms with van der Waals surface area (Å²) in [6.45, 7) is 3.70. The molecule has 0 radical (unpaired) electrons. The second-order valence-electron chi connectivity index (χ2n) is 5.74. The topological polar surface area (TPSA) is 67.2 Å². The van der Waals surface area contributed by atoms with Gasteiger partial charge in [0.25, 0.3) is 0 Å². The summed E-state index contributed by atoms with van der Waals surface area (Å²) < 4.78 is 41.2. The molecule has 0 fully saturated rings. The van der Waals surface area contributed by atoms with Gasteiger partial charge in [-0.1, -0.05) is 6.07 Å². The fourth-order valence-electron chi connectivity index (χ4n) is 2.33. The molecule has 0 aliphatic heterocycles. The SMILES string of the molecule is Cc1ccc(NC(=O)C[C@@](O)(c2nccn2C)C(F)(F)F)cc1C. The van der Waals surface area contributed by atoms with Gasteiger partial charge in [-0.3, -0.25) is 4.79 Å². The smallest absolute Gasteiger partial charge is 0.374 e. The highest BCUT2D eigenvalue weighted by Crippen LogP contribution is 2.40. The third kappa shape index (κ3) is 3.43. The molecule has 0 saturated carbocycles. The monoisotopic (exact) mass is 341 g/mol. The number of carbonyl (C=O) groups is 1. The molecule has 1 aromatic carbocycles. The molecular weight excluding hydrogens is 323 g/mol. The Morgan fingerprint density at radius 3 is 2.46 bits per heavy atom. The molecule has 1 atom stereocenters. The molecule has 1 amide bonds. The predicted octanol–water partition coefficient (Wildman–Crippen LogP) is 2.82. The molecule has 2 rings (SSSR count). The Hall–Kier alpha value is -2.35. The summed E-state index contributed by atoms with van der Waals surface area (Å²) >= 11 is 0. The normalized spacial score (nSPS) is 14.3. The number of amides is 1. The maximum atomic E-state index is 13.4. The Balaban J connectivity index is 2.25. The van der Waals surface area contributed by atoms with Crippen LogP contribution in [0.3, 0.4) is 0 Å². The first-order chi connectivity index (χ1) is 11.0.